The van der Waals surface area contributed by atoms with Gasteiger partial charge in [-0.1, -0.05) is 37.3 Å². The smallest absolute Gasteiger partial charge is 0.0728 e. The standard InChI is InChI=1S/C20H28N2O/c1-2-17-7-6-8-18(15-17)19(16-22-13-11-21-12-14-22)20(23)9-4-3-5-10-20/h1,6-8,15,19,21,23H,3-5,9-14,16H2/t19-/m1/s1. The molecule has 0 amide bonds. The molecule has 2 fully saturated rings. The van der Waals surface area contributed by atoms with E-state index in [1.807, 2.05) is 12.1 Å². The van der Waals surface area contributed by atoms with Crippen LogP contribution in [0.5, 0.6) is 0 Å². The van der Waals surface area contributed by atoms with Gasteiger partial charge in [0.2, 0.25) is 0 Å². The average molecular weight is 312 g/mol. The van der Waals surface area contributed by atoms with Gasteiger partial charge in [0, 0.05) is 44.2 Å². The quantitative estimate of drug-likeness (QED) is 0.838. The van der Waals surface area contributed by atoms with Crippen molar-refractivity contribution in [3.63, 3.8) is 0 Å². The van der Waals surface area contributed by atoms with E-state index in [-0.39, 0.29) is 5.92 Å². The first-order chi connectivity index (χ1) is 11.2. The SMILES string of the molecule is C#Cc1cccc([C@@H](CN2CCNCC2)C2(O)CCCCC2)c1. The highest BCUT2D eigenvalue weighted by molar-refractivity contribution is 5.38. The molecule has 0 bridgehead atoms. The summed E-state index contributed by atoms with van der Waals surface area (Å²) in [5, 5.41) is 14.8. The third-order valence-corrected chi connectivity index (χ3v) is 5.47. The van der Waals surface area contributed by atoms with Gasteiger partial charge in [-0.25, -0.2) is 0 Å². The van der Waals surface area contributed by atoms with Gasteiger partial charge in [-0.3, -0.25) is 0 Å². The van der Waals surface area contributed by atoms with Crippen LogP contribution in [-0.4, -0.2) is 48.3 Å². The molecule has 23 heavy (non-hydrogen) atoms. The Hall–Kier alpha value is -1.34. The van der Waals surface area contributed by atoms with Crippen molar-refractivity contribution in [1.29, 1.82) is 0 Å². The number of nitrogens with one attached hydrogen (secondary N) is 1. The number of rotatable bonds is 4. The Morgan fingerprint density at radius 1 is 1.22 bits per heavy atom. The molecule has 3 rings (SSSR count). The highest BCUT2D eigenvalue weighted by Crippen LogP contribution is 2.40. The van der Waals surface area contributed by atoms with Gasteiger partial charge in [0.25, 0.3) is 0 Å². The highest BCUT2D eigenvalue weighted by Gasteiger charge is 2.39. The molecule has 1 aromatic rings. The molecule has 1 heterocycles. The van der Waals surface area contributed by atoms with E-state index >= 15 is 0 Å². The molecule has 1 saturated heterocycles. The fourth-order valence-corrected chi connectivity index (χ4v) is 4.10. The van der Waals surface area contributed by atoms with E-state index in [9.17, 15) is 5.11 Å². The monoisotopic (exact) mass is 312 g/mol. The minimum Gasteiger partial charge on any atom is -0.389 e. The van der Waals surface area contributed by atoms with Crippen molar-refractivity contribution in [2.75, 3.05) is 32.7 Å². The molecule has 1 aliphatic carbocycles. The molecule has 1 aliphatic heterocycles. The molecule has 0 radical (unpaired) electrons. The van der Waals surface area contributed by atoms with Crippen LogP contribution in [0, 0.1) is 12.3 Å². The van der Waals surface area contributed by atoms with Crippen LogP contribution in [0.2, 0.25) is 0 Å². The Bertz CT molecular complexity index is 551. The van der Waals surface area contributed by atoms with E-state index in [4.69, 9.17) is 6.42 Å². The van der Waals surface area contributed by atoms with Crippen LogP contribution in [0.4, 0.5) is 0 Å². The maximum absolute atomic E-state index is 11.4. The highest BCUT2D eigenvalue weighted by atomic mass is 16.3. The summed E-state index contributed by atoms with van der Waals surface area (Å²) in [5.74, 6) is 2.88. The average Bonchev–Trinajstić information content (AvgIpc) is 2.61. The van der Waals surface area contributed by atoms with Gasteiger partial charge in [0.05, 0.1) is 5.60 Å². The maximum Gasteiger partial charge on any atom is 0.0728 e. The molecular formula is C20H28N2O. The Kier molecular flexibility index (Phi) is 5.38. The lowest BCUT2D eigenvalue weighted by Crippen LogP contribution is -2.49. The first-order valence-corrected chi connectivity index (χ1v) is 8.93. The molecule has 0 aromatic heterocycles. The van der Waals surface area contributed by atoms with Crippen LogP contribution in [0.25, 0.3) is 0 Å². The number of benzene rings is 1. The fraction of sp³-hybridized carbons (Fsp3) is 0.600. The van der Waals surface area contributed by atoms with E-state index in [0.29, 0.717) is 0 Å². The van der Waals surface area contributed by atoms with Gasteiger partial charge in [-0.05, 0) is 30.5 Å². The van der Waals surface area contributed by atoms with Crippen LogP contribution >= 0.6 is 0 Å². The molecular weight excluding hydrogens is 284 g/mol. The van der Waals surface area contributed by atoms with Crippen molar-refractivity contribution >= 4 is 0 Å². The molecule has 0 unspecified atom stereocenters. The zero-order valence-electron chi connectivity index (χ0n) is 13.9. The van der Waals surface area contributed by atoms with Crippen LogP contribution in [0.1, 0.15) is 49.1 Å². The molecule has 2 N–H and O–H groups in total. The van der Waals surface area contributed by atoms with Crippen molar-refractivity contribution in [2.24, 2.45) is 0 Å². The summed E-state index contributed by atoms with van der Waals surface area (Å²) in [6, 6.07) is 8.23. The van der Waals surface area contributed by atoms with E-state index < -0.39 is 5.60 Å². The van der Waals surface area contributed by atoms with E-state index in [1.165, 1.54) is 12.0 Å². The molecule has 3 nitrogen and oxygen atoms in total. The lowest BCUT2D eigenvalue weighted by atomic mass is 9.72. The summed E-state index contributed by atoms with van der Waals surface area (Å²) >= 11 is 0. The molecule has 1 saturated carbocycles. The summed E-state index contributed by atoms with van der Waals surface area (Å²) < 4.78 is 0. The zero-order valence-corrected chi connectivity index (χ0v) is 13.9. The van der Waals surface area contributed by atoms with Crippen molar-refractivity contribution in [1.82, 2.24) is 10.2 Å². The van der Waals surface area contributed by atoms with Gasteiger partial charge in [0.1, 0.15) is 0 Å². The van der Waals surface area contributed by atoms with Gasteiger partial charge in [0.15, 0.2) is 0 Å². The predicted molar refractivity (Wildman–Crippen MR) is 94.5 cm³/mol. The maximum atomic E-state index is 11.4. The first kappa shape index (κ1) is 16.5. The number of hydrogen-bond donors (Lipinski definition) is 2. The zero-order chi connectivity index (χ0) is 16.1. The van der Waals surface area contributed by atoms with Crippen LogP contribution in [0.15, 0.2) is 24.3 Å². The molecule has 2 aliphatic rings. The lowest BCUT2D eigenvalue weighted by Gasteiger charge is -2.42. The van der Waals surface area contributed by atoms with Crippen molar-refractivity contribution in [3.8, 4) is 12.3 Å². The van der Waals surface area contributed by atoms with Crippen molar-refractivity contribution in [3.05, 3.63) is 35.4 Å². The van der Waals surface area contributed by atoms with Gasteiger partial charge >= 0.3 is 0 Å². The number of terminal acetylenes is 1. The summed E-state index contributed by atoms with van der Waals surface area (Å²) in [6.07, 6.45) is 10.9. The Morgan fingerprint density at radius 3 is 2.65 bits per heavy atom. The Balaban J connectivity index is 1.86. The summed E-state index contributed by atoms with van der Waals surface area (Å²) in [7, 11) is 0. The number of nitrogens with zero attached hydrogens (tertiary/aromatic N) is 1. The Labute approximate surface area is 140 Å². The summed E-state index contributed by atoms with van der Waals surface area (Å²) in [5.41, 5.74) is 1.52. The molecule has 124 valence electrons. The van der Waals surface area contributed by atoms with Crippen LogP contribution in [0.3, 0.4) is 0 Å². The fourth-order valence-electron chi connectivity index (χ4n) is 4.10. The largest absolute Gasteiger partial charge is 0.389 e. The third-order valence-electron chi connectivity index (χ3n) is 5.47. The molecule has 1 aromatic carbocycles. The topological polar surface area (TPSA) is 35.5 Å². The van der Waals surface area contributed by atoms with Crippen molar-refractivity contribution in [2.45, 2.75) is 43.6 Å². The number of aliphatic hydroxyl groups is 1. The normalized spacial score (nSPS) is 23.1. The Morgan fingerprint density at radius 2 is 1.96 bits per heavy atom. The number of hydrogen-bond acceptors (Lipinski definition) is 3. The lowest BCUT2D eigenvalue weighted by molar-refractivity contribution is -0.0316. The van der Waals surface area contributed by atoms with E-state index in [0.717, 1.165) is 64.0 Å². The second kappa shape index (κ2) is 7.49. The molecule has 1 atom stereocenters. The second-order valence-corrected chi connectivity index (χ2v) is 7.04. The summed E-state index contributed by atoms with van der Waals surface area (Å²) in [4.78, 5) is 2.48. The van der Waals surface area contributed by atoms with E-state index in [1.54, 1.807) is 0 Å². The first-order valence-electron chi connectivity index (χ1n) is 8.93. The van der Waals surface area contributed by atoms with Gasteiger partial charge in [-0.2, -0.15) is 0 Å². The second-order valence-electron chi connectivity index (χ2n) is 7.04. The summed E-state index contributed by atoms with van der Waals surface area (Å²) in [6.45, 7) is 5.11. The van der Waals surface area contributed by atoms with Crippen LogP contribution < -0.4 is 5.32 Å². The molecule has 3 heteroatoms. The van der Waals surface area contributed by atoms with Gasteiger partial charge in [-0.15, -0.1) is 6.42 Å². The molecule has 0 spiro atoms. The van der Waals surface area contributed by atoms with E-state index in [2.05, 4.69) is 28.3 Å². The predicted octanol–water partition coefficient (Wildman–Crippen LogP) is 2.35. The van der Waals surface area contributed by atoms with Gasteiger partial charge < -0.3 is 15.3 Å². The van der Waals surface area contributed by atoms with Crippen molar-refractivity contribution < 1.29 is 5.11 Å². The minimum absolute atomic E-state index is 0.147. The minimum atomic E-state index is -0.587. The number of piperazine rings is 1. The third kappa shape index (κ3) is 3.95. The van der Waals surface area contributed by atoms with Crippen LogP contribution in [-0.2, 0) is 0 Å².